The van der Waals surface area contributed by atoms with Gasteiger partial charge < -0.3 is 9.13 Å². The van der Waals surface area contributed by atoms with Crippen molar-refractivity contribution >= 4 is 66.4 Å². The fourth-order valence-electron chi connectivity index (χ4n) is 7.94. The van der Waals surface area contributed by atoms with Crippen LogP contribution >= 0.6 is 11.8 Å². The lowest BCUT2D eigenvalue weighted by Crippen LogP contribution is -2.05. The van der Waals surface area contributed by atoms with E-state index >= 15 is 0 Å². The molecule has 1 aliphatic heterocycles. The third-order valence-corrected chi connectivity index (χ3v) is 11.1. The lowest BCUT2D eigenvalue weighted by molar-refractivity contribution is 0.894. The highest BCUT2D eigenvalue weighted by Crippen LogP contribution is 2.40. The molecule has 0 spiro atoms. The molecule has 49 heavy (non-hydrogen) atoms. The van der Waals surface area contributed by atoms with Crippen LogP contribution in [0.15, 0.2) is 163 Å². The average molecular weight is 645 g/mol. The van der Waals surface area contributed by atoms with Crippen molar-refractivity contribution < 1.29 is 0 Å². The lowest BCUT2D eigenvalue weighted by atomic mass is 10.0. The SMILES string of the molecule is c1ccc(-n2c3ccccc3c3cc(-c4ccc5c(c4)c4ccccc4n5-c4ccc5nc6n(c5c4)-c4ccccc4CS6)ccc32)cc1. The number of hydrogen-bond donors (Lipinski definition) is 0. The highest BCUT2D eigenvalue weighted by atomic mass is 32.2. The second-order valence-electron chi connectivity index (χ2n) is 12.8. The molecule has 0 amide bonds. The van der Waals surface area contributed by atoms with Gasteiger partial charge in [-0.15, -0.1) is 0 Å². The summed E-state index contributed by atoms with van der Waals surface area (Å²) in [5, 5.41) is 6.08. The van der Waals surface area contributed by atoms with E-state index in [-0.39, 0.29) is 0 Å². The Kier molecular flexibility index (Phi) is 5.63. The number of fused-ring (bicyclic) bond motifs is 11. The zero-order chi connectivity index (χ0) is 32.1. The predicted octanol–water partition coefficient (Wildman–Crippen LogP) is 11.5. The first-order chi connectivity index (χ1) is 24.3. The van der Waals surface area contributed by atoms with E-state index in [1.807, 2.05) is 11.8 Å². The van der Waals surface area contributed by atoms with Crippen LogP contribution in [0.4, 0.5) is 0 Å². The standard InChI is InChI=1S/C44H28N4S/c1-2-11-31(12-3-1)46-39-16-8-5-13-33(39)35-24-28(18-22-41(35)46)29-19-23-42-36(25-29)34-14-6-9-17-40(34)47(42)32-20-21-37-43(26-32)48-38-15-7-4-10-30(38)27-49-44(48)45-37/h1-26H,27H2. The summed E-state index contributed by atoms with van der Waals surface area (Å²) in [4.78, 5) is 5.02. The first-order valence-corrected chi connectivity index (χ1v) is 17.6. The Balaban J connectivity index is 1.10. The Morgan fingerprint density at radius 2 is 1.02 bits per heavy atom. The Morgan fingerprint density at radius 1 is 0.429 bits per heavy atom. The van der Waals surface area contributed by atoms with E-state index in [1.165, 1.54) is 71.7 Å². The van der Waals surface area contributed by atoms with Crippen LogP contribution in [-0.2, 0) is 5.75 Å². The summed E-state index contributed by atoms with van der Waals surface area (Å²) in [5.41, 5.74) is 14.3. The highest BCUT2D eigenvalue weighted by molar-refractivity contribution is 7.98. The molecule has 5 heteroatoms. The van der Waals surface area contributed by atoms with Crippen LogP contribution in [0, 0.1) is 0 Å². The van der Waals surface area contributed by atoms with Crippen LogP contribution in [-0.4, -0.2) is 18.7 Å². The lowest BCUT2D eigenvalue weighted by Gasteiger charge is -2.18. The zero-order valence-electron chi connectivity index (χ0n) is 26.4. The van der Waals surface area contributed by atoms with Crippen LogP contribution < -0.4 is 0 Å². The first-order valence-electron chi connectivity index (χ1n) is 16.7. The van der Waals surface area contributed by atoms with E-state index in [2.05, 4.69) is 171 Å². The van der Waals surface area contributed by atoms with E-state index in [0.29, 0.717) is 0 Å². The smallest absolute Gasteiger partial charge is 0.174 e. The van der Waals surface area contributed by atoms with Gasteiger partial charge in [0.1, 0.15) is 0 Å². The number of imidazole rings is 1. The molecular formula is C44H28N4S. The van der Waals surface area contributed by atoms with E-state index in [0.717, 1.165) is 27.6 Å². The van der Waals surface area contributed by atoms with Gasteiger partial charge in [0.25, 0.3) is 0 Å². The van der Waals surface area contributed by atoms with Crippen molar-refractivity contribution in [1.82, 2.24) is 18.7 Å². The van der Waals surface area contributed by atoms with Crippen LogP contribution in [0.25, 0.3) is 82.8 Å². The molecule has 0 bridgehead atoms. The number of hydrogen-bond acceptors (Lipinski definition) is 2. The van der Waals surface area contributed by atoms with Crippen molar-refractivity contribution in [3.8, 4) is 28.2 Å². The number of benzene rings is 7. The maximum atomic E-state index is 5.02. The molecule has 0 saturated carbocycles. The quantitative estimate of drug-likeness (QED) is 0.191. The second-order valence-corrected chi connectivity index (χ2v) is 13.8. The van der Waals surface area contributed by atoms with Crippen LogP contribution in [0.3, 0.4) is 0 Å². The predicted molar refractivity (Wildman–Crippen MR) is 205 cm³/mol. The molecule has 0 aliphatic carbocycles. The fourth-order valence-corrected chi connectivity index (χ4v) is 8.96. The van der Waals surface area contributed by atoms with Gasteiger partial charge in [-0.2, -0.15) is 0 Å². The molecule has 4 nitrogen and oxygen atoms in total. The summed E-state index contributed by atoms with van der Waals surface area (Å²) in [6, 6.07) is 57.4. The third kappa shape index (κ3) is 3.91. The van der Waals surface area contributed by atoms with Gasteiger partial charge in [0.2, 0.25) is 0 Å². The monoisotopic (exact) mass is 644 g/mol. The van der Waals surface area contributed by atoms with E-state index < -0.39 is 0 Å². The number of para-hydroxylation sites is 4. The van der Waals surface area contributed by atoms with Crippen LogP contribution in [0.2, 0.25) is 0 Å². The number of aromatic nitrogens is 4. The van der Waals surface area contributed by atoms with Crippen molar-refractivity contribution in [2.75, 3.05) is 0 Å². The minimum Gasteiger partial charge on any atom is -0.309 e. The number of thioether (sulfide) groups is 1. The van der Waals surface area contributed by atoms with Gasteiger partial charge in [-0.25, -0.2) is 4.98 Å². The maximum absolute atomic E-state index is 5.02. The number of nitrogens with zero attached hydrogens (tertiary/aromatic N) is 4. The van der Waals surface area contributed by atoms with Gasteiger partial charge >= 0.3 is 0 Å². The van der Waals surface area contributed by atoms with Gasteiger partial charge in [-0.05, 0) is 89.5 Å². The summed E-state index contributed by atoms with van der Waals surface area (Å²) in [5.74, 6) is 0.948. The minimum atomic E-state index is 0.948. The first kappa shape index (κ1) is 27.0. The molecule has 7 aromatic carbocycles. The molecule has 0 atom stereocenters. The van der Waals surface area contributed by atoms with Crippen molar-refractivity contribution in [1.29, 1.82) is 0 Å². The Labute approximate surface area is 286 Å². The van der Waals surface area contributed by atoms with Crippen molar-refractivity contribution in [2.45, 2.75) is 10.9 Å². The van der Waals surface area contributed by atoms with E-state index in [1.54, 1.807) is 0 Å². The van der Waals surface area contributed by atoms with Crippen LogP contribution in [0.1, 0.15) is 5.56 Å². The van der Waals surface area contributed by atoms with E-state index in [9.17, 15) is 0 Å². The second kappa shape index (κ2) is 10.2. The van der Waals surface area contributed by atoms with Crippen molar-refractivity contribution in [3.05, 3.63) is 163 Å². The normalized spacial score (nSPS) is 12.7. The van der Waals surface area contributed by atoms with Gasteiger partial charge in [-0.1, -0.05) is 96.7 Å². The molecule has 10 aromatic rings. The number of rotatable bonds is 3. The van der Waals surface area contributed by atoms with Crippen molar-refractivity contribution in [3.63, 3.8) is 0 Å². The highest BCUT2D eigenvalue weighted by Gasteiger charge is 2.22. The minimum absolute atomic E-state index is 0.948. The molecule has 0 radical (unpaired) electrons. The summed E-state index contributed by atoms with van der Waals surface area (Å²) < 4.78 is 7.11. The van der Waals surface area contributed by atoms with Gasteiger partial charge in [0.15, 0.2) is 5.16 Å². The maximum Gasteiger partial charge on any atom is 0.174 e. The molecule has 230 valence electrons. The molecule has 11 rings (SSSR count). The van der Waals surface area contributed by atoms with Gasteiger partial charge in [-0.3, -0.25) is 4.57 Å². The Bertz CT molecular complexity index is 2940. The molecule has 0 saturated heterocycles. The average Bonchev–Trinajstić information content (AvgIpc) is 3.82. The summed E-state index contributed by atoms with van der Waals surface area (Å²) in [6.07, 6.45) is 0. The summed E-state index contributed by atoms with van der Waals surface area (Å²) in [7, 11) is 0. The Hall–Kier alpha value is -6.04. The summed E-state index contributed by atoms with van der Waals surface area (Å²) >= 11 is 1.81. The molecule has 0 unspecified atom stereocenters. The molecule has 4 heterocycles. The molecule has 3 aromatic heterocycles. The zero-order valence-corrected chi connectivity index (χ0v) is 27.2. The van der Waals surface area contributed by atoms with Crippen molar-refractivity contribution in [2.24, 2.45) is 0 Å². The fraction of sp³-hybridized carbons (Fsp3) is 0.0227. The molecule has 0 N–H and O–H groups in total. The van der Waals surface area contributed by atoms with Crippen LogP contribution in [0.5, 0.6) is 0 Å². The topological polar surface area (TPSA) is 27.7 Å². The third-order valence-electron chi connectivity index (χ3n) is 10.1. The largest absolute Gasteiger partial charge is 0.309 e. The van der Waals surface area contributed by atoms with E-state index in [4.69, 9.17) is 4.98 Å². The summed E-state index contributed by atoms with van der Waals surface area (Å²) in [6.45, 7) is 0. The molecule has 0 fully saturated rings. The molecule has 1 aliphatic rings. The van der Waals surface area contributed by atoms with Gasteiger partial charge in [0, 0.05) is 38.7 Å². The molecular weight excluding hydrogens is 617 g/mol. The Morgan fingerprint density at radius 3 is 1.73 bits per heavy atom. The van der Waals surface area contributed by atoms with Gasteiger partial charge in [0.05, 0.1) is 38.8 Å².